The Hall–Kier alpha value is -4.54. The molecule has 1 atom stereocenters. The zero-order chi connectivity index (χ0) is 26.1. The van der Waals surface area contributed by atoms with Crippen molar-refractivity contribution in [1.82, 2.24) is 20.3 Å². The van der Waals surface area contributed by atoms with Gasteiger partial charge < -0.3 is 26.3 Å². The minimum atomic E-state index is -0.964. The monoisotopic (exact) mass is 492 g/mol. The van der Waals surface area contributed by atoms with E-state index in [9.17, 15) is 14.4 Å². The molecule has 0 radical (unpaired) electrons. The normalized spacial score (nSPS) is 11.8. The summed E-state index contributed by atoms with van der Waals surface area (Å²) in [6.45, 7) is 3.76. The largest absolute Gasteiger partial charge is 0.466 e. The Morgan fingerprint density at radius 3 is 2.39 bits per heavy atom. The van der Waals surface area contributed by atoms with Crippen LogP contribution in [0.15, 0.2) is 36.5 Å². The maximum Gasteiger partial charge on any atom is 0.328 e. The number of ether oxygens (including phenoxy) is 2. The SMILES string of the molecule is CCOC(=O)CC[C@@H](NC(=O)c1ccc(C=Cc2cnc3nc(N)nc(N)c3c2)cc1)C(=O)OCC. The van der Waals surface area contributed by atoms with Gasteiger partial charge in [-0.15, -0.1) is 0 Å². The number of pyridine rings is 1. The first kappa shape index (κ1) is 26.1. The van der Waals surface area contributed by atoms with E-state index in [0.29, 0.717) is 16.6 Å². The van der Waals surface area contributed by atoms with Crippen LogP contribution in [0.5, 0.6) is 0 Å². The standard InChI is InChI=1S/C25H28N6O5/c1-3-35-20(32)12-11-19(24(34)36-4-2)29-23(33)17-9-7-15(8-10-17)5-6-16-13-18-21(26)30-25(27)31-22(18)28-14-16/h5-10,13-14,19H,3-4,11-12H2,1-2H3,(H,29,33)(H4,26,27,28,30,31)/t19-/m1/s1. The fourth-order valence-corrected chi connectivity index (χ4v) is 3.33. The van der Waals surface area contributed by atoms with Gasteiger partial charge in [-0.1, -0.05) is 24.3 Å². The summed E-state index contributed by atoms with van der Waals surface area (Å²) in [5.74, 6) is -1.20. The van der Waals surface area contributed by atoms with E-state index in [4.69, 9.17) is 20.9 Å². The Morgan fingerprint density at radius 2 is 1.69 bits per heavy atom. The number of anilines is 2. The lowest BCUT2D eigenvalue weighted by molar-refractivity contribution is -0.146. The van der Waals surface area contributed by atoms with Crippen LogP contribution in [0.25, 0.3) is 23.2 Å². The van der Waals surface area contributed by atoms with Gasteiger partial charge in [0.15, 0.2) is 5.65 Å². The van der Waals surface area contributed by atoms with Crippen LogP contribution >= 0.6 is 0 Å². The molecule has 1 amide bonds. The summed E-state index contributed by atoms with van der Waals surface area (Å²) in [5.41, 5.74) is 13.9. The summed E-state index contributed by atoms with van der Waals surface area (Å²) in [7, 11) is 0. The Bertz CT molecular complexity index is 1280. The smallest absolute Gasteiger partial charge is 0.328 e. The van der Waals surface area contributed by atoms with Gasteiger partial charge in [-0.2, -0.15) is 9.97 Å². The number of fused-ring (bicyclic) bond motifs is 1. The minimum absolute atomic E-state index is 0.0177. The van der Waals surface area contributed by atoms with Crippen molar-refractivity contribution in [3.8, 4) is 0 Å². The van der Waals surface area contributed by atoms with E-state index in [1.807, 2.05) is 12.2 Å². The fraction of sp³-hybridized carbons (Fsp3) is 0.280. The molecule has 11 nitrogen and oxygen atoms in total. The highest BCUT2D eigenvalue weighted by Crippen LogP contribution is 2.19. The van der Waals surface area contributed by atoms with E-state index in [2.05, 4.69) is 20.3 Å². The second-order valence-electron chi connectivity index (χ2n) is 7.68. The fourth-order valence-electron chi connectivity index (χ4n) is 3.33. The highest BCUT2D eigenvalue weighted by molar-refractivity contribution is 5.97. The molecule has 2 aromatic heterocycles. The van der Waals surface area contributed by atoms with Crippen molar-refractivity contribution in [3.05, 3.63) is 53.2 Å². The molecule has 36 heavy (non-hydrogen) atoms. The highest BCUT2D eigenvalue weighted by atomic mass is 16.5. The van der Waals surface area contributed by atoms with Gasteiger partial charge in [-0.25, -0.2) is 9.78 Å². The van der Waals surface area contributed by atoms with E-state index in [0.717, 1.165) is 11.1 Å². The number of carbonyl (C=O) groups excluding carboxylic acids is 3. The molecule has 0 aliphatic heterocycles. The lowest BCUT2D eigenvalue weighted by Gasteiger charge is -2.17. The van der Waals surface area contributed by atoms with Crippen molar-refractivity contribution in [2.45, 2.75) is 32.7 Å². The number of nitrogen functional groups attached to an aromatic ring is 2. The predicted octanol–water partition coefficient (Wildman–Crippen LogP) is 2.36. The van der Waals surface area contributed by atoms with Crippen LogP contribution in [0.1, 0.15) is 48.2 Å². The summed E-state index contributed by atoms with van der Waals surface area (Å²) < 4.78 is 9.91. The number of amides is 1. The number of esters is 2. The van der Waals surface area contributed by atoms with Gasteiger partial charge in [0.1, 0.15) is 11.9 Å². The van der Waals surface area contributed by atoms with Crippen molar-refractivity contribution in [1.29, 1.82) is 0 Å². The molecular weight excluding hydrogens is 464 g/mol. The molecule has 0 saturated heterocycles. The quantitative estimate of drug-likeness (QED) is 0.357. The molecule has 0 aliphatic carbocycles. The van der Waals surface area contributed by atoms with Gasteiger partial charge in [0.05, 0.1) is 18.6 Å². The molecule has 2 heterocycles. The second-order valence-corrected chi connectivity index (χ2v) is 7.68. The average molecular weight is 493 g/mol. The van der Waals surface area contributed by atoms with Gasteiger partial charge in [0.25, 0.3) is 5.91 Å². The maximum atomic E-state index is 12.7. The Labute approximate surface area is 207 Å². The van der Waals surface area contributed by atoms with Gasteiger partial charge >= 0.3 is 11.9 Å². The van der Waals surface area contributed by atoms with E-state index in [-0.39, 0.29) is 37.8 Å². The Balaban J connectivity index is 1.67. The van der Waals surface area contributed by atoms with Crippen LogP contribution in [-0.2, 0) is 19.1 Å². The van der Waals surface area contributed by atoms with Crippen LogP contribution in [-0.4, -0.2) is 52.1 Å². The third-order valence-corrected chi connectivity index (χ3v) is 5.08. The maximum absolute atomic E-state index is 12.7. The number of benzene rings is 1. The molecule has 0 bridgehead atoms. The molecule has 0 spiro atoms. The van der Waals surface area contributed by atoms with Crippen molar-refractivity contribution >= 4 is 52.8 Å². The van der Waals surface area contributed by atoms with E-state index in [1.54, 1.807) is 50.4 Å². The van der Waals surface area contributed by atoms with Crippen LogP contribution in [0.3, 0.4) is 0 Å². The Kier molecular flexibility index (Phi) is 8.87. The highest BCUT2D eigenvalue weighted by Gasteiger charge is 2.24. The lowest BCUT2D eigenvalue weighted by atomic mass is 10.1. The first-order chi connectivity index (χ1) is 17.3. The zero-order valence-electron chi connectivity index (χ0n) is 20.1. The van der Waals surface area contributed by atoms with Gasteiger partial charge in [0.2, 0.25) is 5.95 Å². The second kappa shape index (κ2) is 12.2. The minimum Gasteiger partial charge on any atom is -0.466 e. The zero-order valence-corrected chi connectivity index (χ0v) is 20.1. The van der Waals surface area contributed by atoms with Gasteiger partial charge in [-0.05, 0) is 49.6 Å². The summed E-state index contributed by atoms with van der Waals surface area (Å²) in [5, 5.41) is 3.23. The van der Waals surface area contributed by atoms with Crippen LogP contribution in [0.4, 0.5) is 11.8 Å². The number of rotatable bonds is 10. The number of nitrogens with zero attached hydrogens (tertiary/aromatic N) is 3. The predicted molar refractivity (Wildman–Crippen MR) is 135 cm³/mol. The molecular formula is C25H28N6O5. The topological polar surface area (TPSA) is 172 Å². The molecule has 1 aromatic carbocycles. The number of nitrogens with two attached hydrogens (primary N) is 2. The van der Waals surface area contributed by atoms with E-state index in [1.165, 1.54) is 0 Å². The number of nitrogens with one attached hydrogen (secondary N) is 1. The molecule has 5 N–H and O–H groups in total. The van der Waals surface area contributed by atoms with Crippen LogP contribution in [0, 0.1) is 0 Å². The summed E-state index contributed by atoms with van der Waals surface area (Å²) in [4.78, 5) is 48.9. The average Bonchev–Trinajstić information content (AvgIpc) is 2.85. The number of carbonyl (C=O) groups is 3. The third-order valence-electron chi connectivity index (χ3n) is 5.08. The molecule has 0 unspecified atom stereocenters. The van der Waals surface area contributed by atoms with Crippen molar-refractivity contribution < 1.29 is 23.9 Å². The third kappa shape index (κ3) is 6.98. The van der Waals surface area contributed by atoms with Crippen LogP contribution in [0.2, 0.25) is 0 Å². The first-order valence-corrected chi connectivity index (χ1v) is 11.4. The summed E-state index contributed by atoms with van der Waals surface area (Å²) in [6.07, 6.45) is 5.38. The van der Waals surface area contributed by atoms with E-state index < -0.39 is 23.9 Å². The molecule has 0 saturated carbocycles. The molecule has 3 rings (SSSR count). The summed E-state index contributed by atoms with van der Waals surface area (Å²) >= 11 is 0. The molecule has 11 heteroatoms. The van der Waals surface area contributed by atoms with Gasteiger partial charge in [0, 0.05) is 18.2 Å². The van der Waals surface area contributed by atoms with Gasteiger partial charge in [-0.3, -0.25) is 9.59 Å². The molecule has 0 fully saturated rings. The lowest BCUT2D eigenvalue weighted by Crippen LogP contribution is -2.42. The van der Waals surface area contributed by atoms with E-state index >= 15 is 0 Å². The summed E-state index contributed by atoms with van der Waals surface area (Å²) in [6, 6.07) is 7.63. The molecule has 0 aliphatic rings. The number of aromatic nitrogens is 3. The molecule has 188 valence electrons. The molecule has 3 aromatic rings. The first-order valence-electron chi connectivity index (χ1n) is 11.4. The van der Waals surface area contributed by atoms with Crippen LogP contribution < -0.4 is 16.8 Å². The number of hydrogen-bond donors (Lipinski definition) is 3. The van der Waals surface area contributed by atoms with Crippen molar-refractivity contribution in [2.24, 2.45) is 0 Å². The number of hydrogen-bond acceptors (Lipinski definition) is 10. The van der Waals surface area contributed by atoms with Crippen molar-refractivity contribution in [2.75, 3.05) is 24.7 Å². The van der Waals surface area contributed by atoms with Crippen molar-refractivity contribution in [3.63, 3.8) is 0 Å². The Morgan fingerprint density at radius 1 is 1.00 bits per heavy atom.